The summed E-state index contributed by atoms with van der Waals surface area (Å²) in [7, 11) is 2.14. The summed E-state index contributed by atoms with van der Waals surface area (Å²) in [6.07, 6.45) is 3.69. The van der Waals surface area contributed by atoms with Gasteiger partial charge in [-0.25, -0.2) is 0 Å². The second kappa shape index (κ2) is 5.28. The maximum atomic E-state index is 9.48. The van der Waals surface area contributed by atoms with Crippen LogP contribution in [-0.4, -0.2) is 47.8 Å². The van der Waals surface area contributed by atoms with E-state index in [1.54, 1.807) is 0 Å². The largest absolute Gasteiger partial charge is 0.394 e. The number of nitrogens with one attached hydrogen (secondary N) is 1. The molecule has 3 nitrogen and oxygen atoms in total. The molecule has 15 heavy (non-hydrogen) atoms. The van der Waals surface area contributed by atoms with Crippen LogP contribution in [0.1, 0.15) is 40.0 Å². The van der Waals surface area contributed by atoms with E-state index in [1.165, 1.54) is 12.8 Å². The molecule has 1 saturated carbocycles. The van der Waals surface area contributed by atoms with Crippen molar-refractivity contribution >= 4 is 0 Å². The maximum Gasteiger partial charge on any atom is 0.0623 e. The Balaban J connectivity index is 2.42. The van der Waals surface area contributed by atoms with Crippen LogP contribution in [0.4, 0.5) is 0 Å². The van der Waals surface area contributed by atoms with Crippen LogP contribution in [0, 0.1) is 0 Å². The van der Waals surface area contributed by atoms with Crippen molar-refractivity contribution in [2.45, 2.75) is 57.7 Å². The van der Waals surface area contributed by atoms with Gasteiger partial charge in [-0.2, -0.15) is 0 Å². The van der Waals surface area contributed by atoms with E-state index in [0.29, 0.717) is 12.1 Å². The van der Waals surface area contributed by atoms with Crippen molar-refractivity contribution in [3.63, 3.8) is 0 Å². The molecule has 0 bridgehead atoms. The molecule has 0 spiro atoms. The summed E-state index contributed by atoms with van der Waals surface area (Å²) in [6.45, 7) is 7.67. The second-order valence-electron chi connectivity index (χ2n) is 5.31. The van der Waals surface area contributed by atoms with E-state index >= 15 is 0 Å². The SMILES string of the molecule is CCC(C)N(C)CC(C)(CO)NC1CC1. The molecule has 1 rings (SSSR count). The van der Waals surface area contributed by atoms with Crippen LogP contribution in [-0.2, 0) is 0 Å². The van der Waals surface area contributed by atoms with Crippen molar-refractivity contribution in [2.75, 3.05) is 20.2 Å². The molecule has 3 heteroatoms. The first-order valence-corrected chi connectivity index (χ1v) is 6.09. The molecule has 0 aliphatic heterocycles. The Morgan fingerprint density at radius 3 is 2.53 bits per heavy atom. The summed E-state index contributed by atoms with van der Waals surface area (Å²) in [5.74, 6) is 0. The number of aliphatic hydroxyl groups is 1. The fraction of sp³-hybridized carbons (Fsp3) is 1.00. The summed E-state index contributed by atoms with van der Waals surface area (Å²) in [4.78, 5) is 2.33. The van der Waals surface area contributed by atoms with Crippen LogP contribution < -0.4 is 5.32 Å². The van der Waals surface area contributed by atoms with E-state index in [2.05, 4.69) is 38.0 Å². The minimum atomic E-state index is -0.140. The van der Waals surface area contributed by atoms with Crippen molar-refractivity contribution in [2.24, 2.45) is 0 Å². The lowest BCUT2D eigenvalue weighted by Crippen LogP contribution is -2.55. The minimum Gasteiger partial charge on any atom is -0.394 e. The Morgan fingerprint density at radius 1 is 1.53 bits per heavy atom. The van der Waals surface area contributed by atoms with Crippen LogP contribution in [0.3, 0.4) is 0 Å². The van der Waals surface area contributed by atoms with Gasteiger partial charge < -0.3 is 15.3 Å². The Kier molecular flexibility index (Phi) is 4.56. The molecule has 0 radical (unpaired) electrons. The minimum absolute atomic E-state index is 0.140. The Labute approximate surface area is 93.9 Å². The van der Waals surface area contributed by atoms with Gasteiger partial charge in [-0.05, 0) is 40.2 Å². The molecule has 1 aliphatic rings. The first kappa shape index (κ1) is 12.9. The lowest BCUT2D eigenvalue weighted by molar-refractivity contribution is 0.113. The topological polar surface area (TPSA) is 35.5 Å². The van der Waals surface area contributed by atoms with Gasteiger partial charge in [0.25, 0.3) is 0 Å². The van der Waals surface area contributed by atoms with Crippen LogP contribution >= 0.6 is 0 Å². The molecule has 0 aromatic carbocycles. The van der Waals surface area contributed by atoms with Gasteiger partial charge in [0.1, 0.15) is 0 Å². The summed E-state index contributed by atoms with van der Waals surface area (Å²) in [5.41, 5.74) is -0.140. The maximum absolute atomic E-state index is 9.48. The van der Waals surface area contributed by atoms with Gasteiger partial charge in [-0.1, -0.05) is 6.92 Å². The van der Waals surface area contributed by atoms with Gasteiger partial charge in [-0.15, -0.1) is 0 Å². The van der Waals surface area contributed by atoms with Crippen molar-refractivity contribution < 1.29 is 5.11 Å². The van der Waals surface area contributed by atoms with Gasteiger partial charge in [-0.3, -0.25) is 0 Å². The highest BCUT2D eigenvalue weighted by molar-refractivity contribution is 4.94. The molecular weight excluding hydrogens is 188 g/mol. The molecular formula is C12H26N2O. The van der Waals surface area contributed by atoms with E-state index < -0.39 is 0 Å². The average molecular weight is 214 g/mol. The molecule has 0 saturated heterocycles. The van der Waals surface area contributed by atoms with Crippen molar-refractivity contribution in [1.82, 2.24) is 10.2 Å². The van der Waals surface area contributed by atoms with E-state index in [4.69, 9.17) is 0 Å². The number of rotatable bonds is 7. The Morgan fingerprint density at radius 2 is 2.13 bits per heavy atom. The zero-order valence-electron chi connectivity index (χ0n) is 10.6. The molecule has 0 amide bonds. The second-order valence-corrected chi connectivity index (χ2v) is 5.31. The molecule has 0 aromatic heterocycles. The number of hydrogen-bond acceptors (Lipinski definition) is 3. The third-order valence-electron chi connectivity index (χ3n) is 3.42. The van der Waals surface area contributed by atoms with Crippen LogP contribution in [0.2, 0.25) is 0 Å². The lowest BCUT2D eigenvalue weighted by atomic mass is 10.0. The first-order valence-electron chi connectivity index (χ1n) is 6.09. The smallest absolute Gasteiger partial charge is 0.0623 e. The van der Waals surface area contributed by atoms with Gasteiger partial charge >= 0.3 is 0 Å². The van der Waals surface area contributed by atoms with Gasteiger partial charge in [0, 0.05) is 18.6 Å². The molecule has 0 aromatic rings. The quantitative estimate of drug-likeness (QED) is 0.669. The average Bonchev–Trinajstić information content (AvgIpc) is 3.00. The molecule has 1 aliphatic carbocycles. The predicted molar refractivity (Wildman–Crippen MR) is 64.0 cm³/mol. The third-order valence-corrected chi connectivity index (χ3v) is 3.42. The number of likely N-dealkylation sites (N-methyl/N-ethyl adjacent to an activating group) is 1. The van der Waals surface area contributed by atoms with Gasteiger partial charge in [0.2, 0.25) is 0 Å². The normalized spacial score (nSPS) is 22.8. The number of nitrogens with zero attached hydrogens (tertiary/aromatic N) is 1. The van der Waals surface area contributed by atoms with Crippen LogP contribution in [0.25, 0.3) is 0 Å². The summed E-state index contributed by atoms with van der Waals surface area (Å²) >= 11 is 0. The van der Waals surface area contributed by atoms with Crippen molar-refractivity contribution in [1.29, 1.82) is 0 Å². The number of hydrogen-bond donors (Lipinski definition) is 2. The Bertz CT molecular complexity index is 194. The summed E-state index contributed by atoms with van der Waals surface area (Å²) in [5, 5.41) is 13.0. The van der Waals surface area contributed by atoms with E-state index in [1.807, 2.05) is 0 Å². The van der Waals surface area contributed by atoms with Crippen LogP contribution in [0.5, 0.6) is 0 Å². The predicted octanol–water partition coefficient (Wildman–Crippen LogP) is 1.22. The highest BCUT2D eigenvalue weighted by atomic mass is 16.3. The molecule has 90 valence electrons. The highest BCUT2D eigenvalue weighted by Crippen LogP contribution is 2.23. The zero-order chi connectivity index (χ0) is 11.5. The van der Waals surface area contributed by atoms with Crippen molar-refractivity contribution in [3.8, 4) is 0 Å². The third kappa shape index (κ3) is 4.09. The Hall–Kier alpha value is -0.120. The monoisotopic (exact) mass is 214 g/mol. The molecule has 1 fully saturated rings. The fourth-order valence-electron chi connectivity index (χ4n) is 1.88. The standard InChI is InChI=1S/C12H26N2O/c1-5-10(2)14(4)8-12(3,9-15)13-11-6-7-11/h10-11,13,15H,5-9H2,1-4H3. The molecule has 0 heterocycles. The number of aliphatic hydroxyl groups excluding tert-OH is 1. The van der Waals surface area contributed by atoms with Gasteiger partial charge in [0.15, 0.2) is 0 Å². The van der Waals surface area contributed by atoms with Gasteiger partial charge in [0.05, 0.1) is 12.1 Å². The van der Waals surface area contributed by atoms with Crippen molar-refractivity contribution in [3.05, 3.63) is 0 Å². The van der Waals surface area contributed by atoms with E-state index in [-0.39, 0.29) is 12.1 Å². The highest BCUT2D eigenvalue weighted by Gasteiger charge is 2.33. The zero-order valence-corrected chi connectivity index (χ0v) is 10.6. The molecule has 2 atom stereocenters. The summed E-state index contributed by atoms with van der Waals surface area (Å²) in [6, 6.07) is 1.23. The lowest BCUT2D eigenvalue weighted by Gasteiger charge is -2.36. The molecule has 2 N–H and O–H groups in total. The fourth-order valence-corrected chi connectivity index (χ4v) is 1.88. The van der Waals surface area contributed by atoms with Crippen LogP contribution in [0.15, 0.2) is 0 Å². The molecule has 2 unspecified atom stereocenters. The summed E-state index contributed by atoms with van der Waals surface area (Å²) < 4.78 is 0. The van der Waals surface area contributed by atoms with E-state index in [9.17, 15) is 5.11 Å². The first-order chi connectivity index (χ1) is 7.00. The van der Waals surface area contributed by atoms with E-state index in [0.717, 1.165) is 13.0 Å².